The molecule has 208 valence electrons. The normalized spacial score (nSPS) is 17.4. The quantitative estimate of drug-likeness (QED) is 0.219. The zero-order valence-electron chi connectivity index (χ0n) is 22.1. The van der Waals surface area contributed by atoms with Gasteiger partial charge >= 0.3 is 5.97 Å². The molecule has 1 amide bonds. The third-order valence-corrected chi connectivity index (χ3v) is 8.47. The zero-order valence-corrected chi connectivity index (χ0v) is 23.7. The number of fused-ring (bicyclic) bond motifs is 1. The molecule has 0 aliphatic carbocycles. The van der Waals surface area contributed by atoms with Gasteiger partial charge in [-0.25, -0.2) is 4.98 Å². The van der Waals surface area contributed by atoms with E-state index in [0.29, 0.717) is 65.2 Å². The first-order valence-corrected chi connectivity index (χ1v) is 14.6. The van der Waals surface area contributed by atoms with Crippen LogP contribution in [0.3, 0.4) is 0 Å². The largest absolute Gasteiger partial charge is 0.481 e. The van der Waals surface area contributed by atoms with Crippen molar-refractivity contribution in [2.24, 2.45) is 0 Å². The number of thiocarbonyl (C=S) groups is 1. The molecule has 2 aliphatic heterocycles. The second kappa shape index (κ2) is 12.8. The molecule has 3 aromatic rings. The number of aliphatic carboxylic acids is 1. The highest BCUT2D eigenvalue weighted by Gasteiger charge is 2.33. The van der Waals surface area contributed by atoms with E-state index in [9.17, 15) is 14.4 Å². The summed E-state index contributed by atoms with van der Waals surface area (Å²) in [7, 11) is 0. The maximum absolute atomic E-state index is 13.7. The number of hydrogen-bond acceptors (Lipinski definition) is 8. The lowest BCUT2D eigenvalue weighted by atomic mass is 10.1. The van der Waals surface area contributed by atoms with Crippen LogP contribution in [0, 0.1) is 0 Å². The molecule has 0 unspecified atom stereocenters. The van der Waals surface area contributed by atoms with Gasteiger partial charge in [-0.15, -0.1) is 0 Å². The predicted octanol–water partition coefficient (Wildman–Crippen LogP) is 3.86. The van der Waals surface area contributed by atoms with Crippen LogP contribution in [0.15, 0.2) is 64.4 Å². The Labute approximate surface area is 242 Å². The van der Waals surface area contributed by atoms with Crippen molar-refractivity contribution in [2.75, 3.05) is 37.6 Å². The fraction of sp³-hybridized carbons (Fsp3) is 0.345. The second-order valence-electron chi connectivity index (χ2n) is 9.87. The third kappa shape index (κ3) is 6.43. The number of rotatable bonds is 10. The summed E-state index contributed by atoms with van der Waals surface area (Å²) >= 11 is 6.67. The molecule has 1 N–H and O–H groups in total. The van der Waals surface area contributed by atoms with Crippen molar-refractivity contribution in [1.82, 2.24) is 19.2 Å². The van der Waals surface area contributed by atoms with Crippen LogP contribution >= 0.6 is 24.0 Å². The van der Waals surface area contributed by atoms with Crippen molar-refractivity contribution in [1.29, 1.82) is 0 Å². The number of aromatic nitrogens is 2. The van der Waals surface area contributed by atoms with E-state index in [-0.39, 0.29) is 17.9 Å². The van der Waals surface area contributed by atoms with Crippen LogP contribution in [0.25, 0.3) is 11.7 Å². The SMILES string of the molecule is O=C(O)CCCCCN1C(=O)/C(=C/c2c(N3CCN(Cc4ccccc4)CC3)nc3ccccn3c2=O)SC1=S. The molecule has 40 heavy (non-hydrogen) atoms. The first kappa shape index (κ1) is 28.0. The molecular formula is C29H31N5O4S2. The number of pyridine rings is 1. The van der Waals surface area contributed by atoms with E-state index < -0.39 is 5.97 Å². The molecule has 9 nitrogen and oxygen atoms in total. The molecule has 5 rings (SSSR count). The van der Waals surface area contributed by atoms with Gasteiger partial charge in [0.25, 0.3) is 11.5 Å². The molecule has 2 aromatic heterocycles. The second-order valence-corrected chi connectivity index (χ2v) is 11.5. The maximum Gasteiger partial charge on any atom is 0.303 e. The zero-order chi connectivity index (χ0) is 28.1. The van der Waals surface area contributed by atoms with Crippen LogP contribution < -0.4 is 10.5 Å². The molecular weight excluding hydrogens is 546 g/mol. The number of carbonyl (C=O) groups is 2. The van der Waals surface area contributed by atoms with Crippen molar-refractivity contribution in [3.8, 4) is 0 Å². The molecule has 2 fully saturated rings. The van der Waals surface area contributed by atoms with Crippen LogP contribution in [0.2, 0.25) is 0 Å². The molecule has 2 saturated heterocycles. The monoisotopic (exact) mass is 577 g/mol. The summed E-state index contributed by atoms with van der Waals surface area (Å²) < 4.78 is 1.95. The standard InChI is InChI=1S/C29H31N5O4S2/c35-25(36)12-5-2-7-14-34-28(38)23(40-29(34)39)19-22-26(30-24-11-6-8-13-33(24)27(22)37)32-17-15-31(16-18-32)20-21-9-3-1-4-10-21/h1,3-4,6,8-11,13,19H,2,5,7,12,14-18,20H2,(H,35,36)/b23-19-. The third-order valence-electron chi connectivity index (χ3n) is 7.09. The summed E-state index contributed by atoms with van der Waals surface area (Å²) in [5.41, 5.74) is 1.97. The highest BCUT2D eigenvalue weighted by atomic mass is 32.2. The van der Waals surface area contributed by atoms with Crippen LogP contribution in [-0.2, 0) is 16.1 Å². The van der Waals surface area contributed by atoms with Gasteiger partial charge < -0.3 is 10.0 Å². The minimum Gasteiger partial charge on any atom is -0.481 e. The molecule has 0 saturated carbocycles. The molecule has 0 atom stereocenters. The molecule has 4 heterocycles. The summed E-state index contributed by atoms with van der Waals surface area (Å²) in [6, 6.07) is 15.8. The lowest BCUT2D eigenvalue weighted by Gasteiger charge is -2.36. The number of thioether (sulfide) groups is 1. The lowest BCUT2D eigenvalue weighted by molar-refractivity contribution is -0.137. The number of carboxylic acids is 1. The van der Waals surface area contributed by atoms with Crippen molar-refractivity contribution < 1.29 is 14.7 Å². The maximum atomic E-state index is 13.7. The summed E-state index contributed by atoms with van der Waals surface area (Å²) in [4.78, 5) is 49.0. The number of carboxylic acid groups (broad SMARTS) is 1. The van der Waals surface area contributed by atoms with Gasteiger partial charge in [-0.05, 0) is 36.6 Å². The lowest BCUT2D eigenvalue weighted by Crippen LogP contribution is -2.47. The Morgan fingerprint density at radius 3 is 2.50 bits per heavy atom. The molecule has 0 bridgehead atoms. The van der Waals surface area contributed by atoms with Gasteiger partial charge in [-0.2, -0.15) is 0 Å². The first-order valence-electron chi connectivity index (χ1n) is 13.4. The number of benzene rings is 1. The van der Waals surface area contributed by atoms with Crippen molar-refractivity contribution >= 4 is 57.7 Å². The van der Waals surface area contributed by atoms with Gasteiger partial charge in [0.2, 0.25) is 0 Å². The van der Waals surface area contributed by atoms with E-state index in [1.54, 1.807) is 23.2 Å². The van der Waals surface area contributed by atoms with E-state index in [1.807, 2.05) is 30.3 Å². The molecule has 2 aliphatic rings. The topological polar surface area (TPSA) is 98.5 Å². The van der Waals surface area contributed by atoms with Gasteiger partial charge in [0.05, 0.1) is 10.5 Å². The van der Waals surface area contributed by atoms with Crippen LogP contribution in [0.1, 0.15) is 36.8 Å². The Bertz CT molecular complexity index is 1500. The molecule has 11 heteroatoms. The molecule has 0 spiro atoms. The first-order chi connectivity index (χ1) is 19.4. The molecule has 1 aromatic carbocycles. The number of carbonyl (C=O) groups excluding carboxylic acids is 1. The molecule has 0 radical (unpaired) electrons. The highest BCUT2D eigenvalue weighted by molar-refractivity contribution is 8.26. The summed E-state index contributed by atoms with van der Waals surface area (Å²) in [5, 5.41) is 8.83. The predicted molar refractivity (Wildman–Crippen MR) is 161 cm³/mol. The van der Waals surface area contributed by atoms with Gasteiger partial charge in [0, 0.05) is 51.9 Å². The number of unbranched alkanes of at least 4 members (excludes halogenated alkanes) is 2. The van der Waals surface area contributed by atoms with Gasteiger partial charge in [0.15, 0.2) is 0 Å². The van der Waals surface area contributed by atoms with Crippen LogP contribution in [-0.4, -0.2) is 73.2 Å². The Hall–Kier alpha value is -3.54. The number of piperazine rings is 1. The van der Waals surface area contributed by atoms with Crippen molar-refractivity contribution in [2.45, 2.75) is 32.2 Å². The van der Waals surface area contributed by atoms with Crippen LogP contribution in [0.4, 0.5) is 5.82 Å². The number of amides is 1. The van der Waals surface area contributed by atoms with E-state index in [1.165, 1.54) is 21.7 Å². The van der Waals surface area contributed by atoms with Crippen molar-refractivity contribution in [3.63, 3.8) is 0 Å². The van der Waals surface area contributed by atoms with Gasteiger partial charge in [-0.3, -0.25) is 28.6 Å². The van der Waals surface area contributed by atoms with Gasteiger partial charge in [-0.1, -0.05) is 66.8 Å². The Morgan fingerprint density at radius 2 is 1.75 bits per heavy atom. The van der Waals surface area contributed by atoms with Crippen LogP contribution in [0.5, 0.6) is 0 Å². The minimum absolute atomic E-state index is 0.112. The smallest absolute Gasteiger partial charge is 0.303 e. The fourth-order valence-corrected chi connectivity index (χ4v) is 6.25. The Kier molecular flexibility index (Phi) is 8.93. The highest BCUT2D eigenvalue weighted by Crippen LogP contribution is 2.34. The number of nitrogens with zero attached hydrogens (tertiary/aromatic N) is 5. The summed E-state index contributed by atoms with van der Waals surface area (Å²) in [6.07, 6.45) is 5.35. The van der Waals surface area contributed by atoms with E-state index >= 15 is 0 Å². The number of anilines is 1. The van der Waals surface area contributed by atoms with E-state index in [4.69, 9.17) is 22.3 Å². The number of hydrogen-bond donors (Lipinski definition) is 1. The van der Waals surface area contributed by atoms with E-state index in [0.717, 1.165) is 19.6 Å². The van der Waals surface area contributed by atoms with E-state index in [2.05, 4.69) is 21.9 Å². The van der Waals surface area contributed by atoms with Crippen molar-refractivity contribution in [3.05, 3.63) is 81.1 Å². The summed E-state index contributed by atoms with van der Waals surface area (Å²) in [6.45, 7) is 4.37. The summed E-state index contributed by atoms with van der Waals surface area (Å²) in [5.74, 6) is -0.476. The average molecular weight is 578 g/mol. The Balaban J connectivity index is 1.36. The Morgan fingerprint density at radius 1 is 1.00 bits per heavy atom. The fourth-order valence-electron chi connectivity index (χ4n) is 4.96. The van der Waals surface area contributed by atoms with Gasteiger partial charge in [0.1, 0.15) is 15.8 Å². The average Bonchev–Trinajstić information content (AvgIpc) is 3.22. The minimum atomic E-state index is -0.822.